The van der Waals surface area contributed by atoms with Crippen molar-refractivity contribution in [3.8, 4) is 0 Å². The van der Waals surface area contributed by atoms with Gasteiger partial charge in [0.15, 0.2) is 0 Å². The Kier molecular flexibility index (Phi) is 4.01. The molecule has 1 aromatic carbocycles. The number of fused-ring (bicyclic) bond motifs is 1. The number of aromatic nitrogens is 1. The van der Waals surface area contributed by atoms with E-state index in [1.54, 1.807) is 6.20 Å². The van der Waals surface area contributed by atoms with Crippen LogP contribution in [-0.4, -0.2) is 53.3 Å². The predicted octanol–water partition coefficient (Wildman–Crippen LogP) is 2.57. The summed E-state index contributed by atoms with van der Waals surface area (Å²) in [6.07, 6.45) is 3.00. The minimum Gasteiger partial charge on any atom is -0.372 e. The summed E-state index contributed by atoms with van der Waals surface area (Å²) in [5, 5.41) is 1.07. The van der Waals surface area contributed by atoms with E-state index < -0.39 is 0 Å². The van der Waals surface area contributed by atoms with Gasteiger partial charge >= 0.3 is 0 Å². The zero-order valence-electron chi connectivity index (χ0n) is 14.8. The smallest absolute Gasteiger partial charge is 0.227 e. The summed E-state index contributed by atoms with van der Waals surface area (Å²) in [6.45, 7) is 6.53. The third-order valence-corrected chi connectivity index (χ3v) is 5.08. The molecule has 2 fully saturated rings. The van der Waals surface area contributed by atoms with Gasteiger partial charge < -0.3 is 14.4 Å². The Balaban J connectivity index is 1.46. The lowest BCUT2D eigenvalue weighted by Gasteiger charge is -2.40. The summed E-state index contributed by atoms with van der Waals surface area (Å²) < 4.78 is 11.9. The summed E-state index contributed by atoms with van der Waals surface area (Å²) in [5.74, 6) is 0.129. The van der Waals surface area contributed by atoms with Crippen LogP contribution in [0.2, 0.25) is 0 Å². The van der Waals surface area contributed by atoms with Gasteiger partial charge in [-0.2, -0.15) is 0 Å². The molecule has 1 aromatic heterocycles. The number of hydrogen-bond acceptors (Lipinski definition) is 4. The first kappa shape index (κ1) is 16.5. The second-order valence-electron chi connectivity index (χ2n) is 7.78. The number of ether oxygens (including phenoxy) is 2. The molecule has 0 saturated carbocycles. The average molecular weight is 340 g/mol. The second kappa shape index (κ2) is 6.07. The van der Waals surface area contributed by atoms with Crippen molar-refractivity contribution >= 4 is 16.8 Å². The average Bonchev–Trinajstić information content (AvgIpc) is 2.89. The van der Waals surface area contributed by atoms with Crippen LogP contribution in [0.1, 0.15) is 25.8 Å². The molecule has 2 saturated heterocycles. The number of carbonyl (C=O) groups is 1. The number of para-hydroxylation sites is 1. The number of benzene rings is 1. The third-order valence-electron chi connectivity index (χ3n) is 5.08. The van der Waals surface area contributed by atoms with Gasteiger partial charge in [-0.25, -0.2) is 0 Å². The lowest BCUT2D eigenvalue weighted by atomic mass is 9.92. The molecule has 5 heteroatoms. The van der Waals surface area contributed by atoms with E-state index in [2.05, 4.69) is 24.9 Å². The zero-order chi connectivity index (χ0) is 17.5. The van der Waals surface area contributed by atoms with Crippen LogP contribution in [0.4, 0.5) is 0 Å². The van der Waals surface area contributed by atoms with Crippen LogP contribution in [0.25, 0.3) is 10.9 Å². The number of pyridine rings is 1. The van der Waals surface area contributed by atoms with Crippen molar-refractivity contribution in [3.05, 3.63) is 42.1 Å². The SMILES string of the molecule is CC1(C)CC2(CO1)CN(C(=O)Cc1cnc3ccccc3c1)CCO2. The Morgan fingerprint density at radius 2 is 2.12 bits per heavy atom. The summed E-state index contributed by atoms with van der Waals surface area (Å²) >= 11 is 0. The largest absolute Gasteiger partial charge is 0.372 e. The molecule has 132 valence electrons. The summed E-state index contributed by atoms with van der Waals surface area (Å²) in [6, 6.07) is 10.0. The lowest BCUT2D eigenvalue weighted by Crippen LogP contribution is -2.54. The standard InChI is InChI=1S/C20H24N2O3/c1-19(2)12-20(14-25-19)13-22(7-8-24-20)18(23)10-15-9-16-5-3-4-6-17(16)21-11-15/h3-6,9,11H,7-8,10,12-14H2,1-2H3. The number of nitrogens with zero attached hydrogens (tertiary/aromatic N) is 2. The van der Waals surface area contributed by atoms with E-state index in [-0.39, 0.29) is 17.1 Å². The van der Waals surface area contributed by atoms with E-state index >= 15 is 0 Å². The Labute approximate surface area is 147 Å². The summed E-state index contributed by atoms with van der Waals surface area (Å²) in [5.41, 5.74) is 1.37. The number of morpholine rings is 1. The number of hydrogen-bond donors (Lipinski definition) is 0. The van der Waals surface area contributed by atoms with Crippen molar-refractivity contribution in [2.24, 2.45) is 0 Å². The Morgan fingerprint density at radius 3 is 2.92 bits per heavy atom. The van der Waals surface area contributed by atoms with E-state index in [0.717, 1.165) is 22.9 Å². The van der Waals surface area contributed by atoms with Crippen molar-refractivity contribution < 1.29 is 14.3 Å². The molecule has 5 nitrogen and oxygen atoms in total. The van der Waals surface area contributed by atoms with Crippen LogP contribution >= 0.6 is 0 Å². The first-order chi connectivity index (χ1) is 11.9. The van der Waals surface area contributed by atoms with Crippen LogP contribution in [-0.2, 0) is 20.7 Å². The predicted molar refractivity (Wildman–Crippen MR) is 95.4 cm³/mol. The Hall–Kier alpha value is -1.98. The highest BCUT2D eigenvalue weighted by Crippen LogP contribution is 2.37. The van der Waals surface area contributed by atoms with E-state index in [1.165, 1.54) is 0 Å². The monoisotopic (exact) mass is 340 g/mol. The van der Waals surface area contributed by atoms with Crippen LogP contribution in [0, 0.1) is 0 Å². The molecule has 2 aromatic rings. The van der Waals surface area contributed by atoms with Gasteiger partial charge in [-0.15, -0.1) is 0 Å². The molecule has 1 unspecified atom stereocenters. The summed E-state index contributed by atoms with van der Waals surface area (Å²) in [4.78, 5) is 19.2. The maximum Gasteiger partial charge on any atom is 0.227 e. The van der Waals surface area contributed by atoms with Crippen molar-refractivity contribution in [2.45, 2.75) is 37.9 Å². The molecule has 0 N–H and O–H groups in total. The maximum absolute atomic E-state index is 12.8. The second-order valence-corrected chi connectivity index (χ2v) is 7.78. The third kappa shape index (κ3) is 3.39. The van der Waals surface area contributed by atoms with Crippen molar-refractivity contribution in [1.82, 2.24) is 9.88 Å². The van der Waals surface area contributed by atoms with Crippen LogP contribution < -0.4 is 0 Å². The van der Waals surface area contributed by atoms with Crippen LogP contribution in [0.15, 0.2) is 36.5 Å². The van der Waals surface area contributed by atoms with Gasteiger partial charge in [-0.05, 0) is 31.5 Å². The molecule has 3 heterocycles. The molecule has 1 spiro atoms. The fourth-order valence-corrected chi connectivity index (χ4v) is 3.96. The van der Waals surface area contributed by atoms with Crippen molar-refractivity contribution in [1.29, 1.82) is 0 Å². The molecule has 0 bridgehead atoms. The number of rotatable bonds is 2. The molecule has 2 aliphatic heterocycles. The summed E-state index contributed by atoms with van der Waals surface area (Å²) in [7, 11) is 0. The van der Waals surface area contributed by atoms with E-state index in [0.29, 0.717) is 32.7 Å². The molecule has 0 aliphatic carbocycles. The van der Waals surface area contributed by atoms with Crippen LogP contribution in [0.5, 0.6) is 0 Å². The molecule has 4 rings (SSSR count). The first-order valence-corrected chi connectivity index (χ1v) is 8.84. The molecule has 1 atom stereocenters. The van der Waals surface area contributed by atoms with Gasteiger partial charge in [0.25, 0.3) is 0 Å². The lowest BCUT2D eigenvalue weighted by molar-refractivity contribution is -0.149. The maximum atomic E-state index is 12.8. The van der Waals surface area contributed by atoms with Gasteiger partial charge in [0.2, 0.25) is 5.91 Å². The topological polar surface area (TPSA) is 51.7 Å². The van der Waals surface area contributed by atoms with Gasteiger partial charge in [0, 0.05) is 24.5 Å². The highest BCUT2D eigenvalue weighted by Gasteiger charge is 2.48. The highest BCUT2D eigenvalue weighted by molar-refractivity contribution is 5.82. The molecule has 0 radical (unpaired) electrons. The fraction of sp³-hybridized carbons (Fsp3) is 0.500. The van der Waals surface area contributed by atoms with Gasteiger partial charge in [-0.1, -0.05) is 18.2 Å². The van der Waals surface area contributed by atoms with E-state index in [4.69, 9.17) is 9.47 Å². The molecule has 2 aliphatic rings. The van der Waals surface area contributed by atoms with Crippen LogP contribution in [0.3, 0.4) is 0 Å². The van der Waals surface area contributed by atoms with Gasteiger partial charge in [0.1, 0.15) is 5.60 Å². The molecule has 25 heavy (non-hydrogen) atoms. The quantitative estimate of drug-likeness (QED) is 0.843. The number of amides is 1. The van der Waals surface area contributed by atoms with Crippen molar-refractivity contribution in [3.63, 3.8) is 0 Å². The zero-order valence-corrected chi connectivity index (χ0v) is 14.8. The molecule has 1 amide bonds. The minimum atomic E-state index is -0.348. The van der Waals surface area contributed by atoms with Gasteiger partial charge in [0.05, 0.1) is 37.3 Å². The van der Waals surface area contributed by atoms with E-state index in [9.17, 15) is 4.79 Å². The molecular weight excluding hydrogens is 316 g/mol. The van der Waals surface area contributed by atoms with Gasteiger partial charge in [-0.3, -0.25) is 9.78 Å². The fourth-order valence-electron chi connectivity index (χ4n) is 3.96. The first-order valence-electron chi connectivity index (χ1n) is 8.84. The number of carbonyl (C=O) groups excluding carboxylic acids is 1. The normalized spacial score (nSPS) is 25.6. The van der Waals surface area contributed by atoms with Crippen molar-refractivity contribution in [2.75, 3.05) is 26.3 Å². The Bertz CT molecular complexity index is 804. The Morgan fingerprint density at radius 1 is 1.28 bits per heavy atom. The van der Waals surface area contributed by atoms with E-state index in [1.807, 2.05) is 29.2 Å². The highest BCUT2D eigenvalue weighted by atomic mass is 16.6. The minimum absolute atomic E-state index is 0.129. The molecular formula is C20H24N2O3.